The van der Waals surface area contributed by atoms with Gasteiger partial charge in [-0.15, -0.1) is 0 Å². The van der Waals surface area contributed by atoms with E-state index < -0.39 is 5.82 Å². The predicted octanol–water partition coefficient (Wildman–Crippen LogP) is 4.87. The maximum Gasteiger partial charge on any atom is 0.278 e. The van der Waals surface area contributed by atoms with Gasteiger partial charge in [0.2, 0.25) is 0 Å². The Kier molecular flexibility index (Phi) is 4.38. The Bertz CT molecular complexity index is 780. The summed E-state index contributed by atoms with van der Waals surface area (Å²) in [6.45, 7) is 6.61. The second-order valence-corrected chi connectivity index (χ2v) is 7.73. The number of aromatic nitrogens is 1. The fourth-order valence-electron chi connectivity index (χ4n) is 3.09. The molecule has 128 valence electrons. The third kappa shape index (κ3) is 3.31. The van der Waals surface area contributed by atoms with Crippen molar-refractivity contribution in [2.24, 2.45) is 11.3 Å². The monoisotopic (exact) mass is 350 g/mol. The number of carbonyl (C=O) groups is 1. The van der Waals surface area contributed by atoms with Crippen molar-refractivity contribution < 1.29 is 13.7 Å². The normalized spacial score (nSPS) is 17.5. The van der Waals surface area contributed by atoms with Gasteiger partial charge in [-0.3, -0.25) is 4.79 Å². The molecule has 0 saturated carbocycles. The summed E-state index contributed by atoms with van der Waals surface area (Å²) in [6.07, 6.45) is 2.59. The van der Waals surface area contributed by atoms with Crippen molar-refractivity contribution in [3.8, 4) is 0 Å². The van der Waals surface area contributed by atoms with Crippen LogP contribution in [0, 0.1) is 17.2 Å². The number of aryl methyl sites for hydroxylation is 1. The van der Waals surface area contributed by atoms with Crippen molar-refractivity contribution in [3.05, 3.63) is 46.1 Å². The highest BCUT2D eigenvalue weighted by molar-refractivity contribution is 6.31. The summed E-state index contributed by atoms with van der Waals surface area (Å²) in [5, 5.41) is 6.62. The number of rotatable bonds is 2. The van der Waals surface area contributed by atoms with Gasteiger partial charge in [-0.05, 0) is 42.4 Å². The van der Waals surface area contributed by atoms with E-state index in [0.717, 1.165) is 30.6 Å². The third-order valence-corrected chi connectivity index (χ3v) is 4.95. The molecule has 1 N–H and O–H groups in total. The lowest BCUT2D eigenvalue weighted by molar-refractivity contribution is 0.101. The lowest BCUT2D eigenvalue weighted by Gasteiger charge is -2.33. The molecule has 1 aliphatic rings. The quantitative estimate of drug-likeness (QED) is 0.840. The van der Waals surface area contributed by atoms with Crippen LogP contribution in [0.25, 0.3) is 0 Å². The van der Waals surface area contributed by atoms with Gasteiger partial charge in [0.05, 0.1) is 5.02 Å². The Morgan fingerprint density at radius 1 is 1.42 bits per heavy atom. The van der Waals surface area contributed by atoms with Crippen LogP contribution in [-0.2, 0) is 12.8 Å². The molecule has 0 spiro atoms. The molecule has 1 aromatic carbocycles. The molecule has 1 amide bonds. The number of amides is 1. The summed E-state index contributed by atoms with van der Waals surface area (Å²) in [4.78, 5) is 12.5. The number of anilines is 1. The molecule has 0 aliphatic heterocycles. The zero-order valence-electron chi connectivity index (χ0n) is 14.0. The van der Waals surface area contributed by atoms with Crippen LogP contribution < -0.4 is 5.32 Å². The van der Waals surface area contributed by atoms with Crippen molar-refractivity contribution in [1.29, 1.82) is 0 Å². The van der Waals surface area contributed by atoms with Gasteiger partial charge in [0.15, 0.2) is 5.69 Å². The van der Waals surface area contributed by atoms with Gasteiger partial charge in [0.1, 0.15) is 11.6 Å². The van der Waals surface area contributed by atoms with Crippen LogP contribution in [0.5, 0.6) is 0 Å². The summed E-state index contributed by atoms with van der Waals surface area (Å²) in [5.74, 6) is 0.368. The van der Waals surface area contributed by atoms with Crippen molar-refractivity contribution in [3.63, 3.8) is 0 Å². The summed E-state index contributed by atoms with van der Waals surface area (Å²) in [5.41, 5.74) is 1.77. The molecule has 4 nitrogen and oxygen atoms in total. The van der Waals surface area contributed by atoms with Gasteiger partial charge in [0.25, 0.3) is 5.91 Å². The molecule has 24 heavy (non-hydrogen) atoms. The lowest BCUT2D eigenvalue weighted by atomic mass is 9.71. The van der Waals surface area contributed by atoms with Crippen LogP contribution in [0.1, 0.15) is 49.0 Å². The van der Waals surface area contributed by atoms with Crippen molar-refractivity contribution >= 4 is 23.2 Å². The van der Waals surface area contributed by atoms with Gasteiger partial charge in [-0.2, -0.15) is 0 Å². The van der Waals surface area contributed by atoms with Crippen LogP contribution in [0.15, 0.2) is 22.7 Å². The molecule has 1 aliphatic carbocycles. The SMILES string of the molecule is CC(C)(C)[C@@H]1CCc2onc(C(=O)Nc3ccc(F)c(Cl)c3)c2C1. The highest BCUT2D eigenvalue weighted by Crippen LogP contribution is 2.38. The van der Waals surface area contributed by atoms with Crippen LogP contribution >= 0.6 is 11.6 Å². The highest BCUT2D eigenvalue weighted by Gasteiger charge is 2.34. The molecule has 6 heteroatoms. The van der Waals surface area contributed by atoms with Crippen molar-refractivity contribution in [1.82, 2.24) is 5.16 Å². The smallest absolute Gasteiger partial charge is 0.278 e. The summed E-state index contributed by atoms with van der Waals surface area (Å²) in [6, 6.07) is 4.05. The third-order valence-electron chi connectivity index (χ3n) is 4.66. The minimum atomic E-state index is -0.526. The second kappa shape index (κ2) is 6.20. The number of hydrogen-bond donors (Lipinski definition) is 1. The standard InChI is InChI=1S/C18H20ClFN2O2/c1-18(2,3)10-4-7-15-12(8-10)16(22-24-15)17(23)21-11-5-6-14(20)13(19)9-11/h5-6,9-10H,4,7-8H2,1-3H3,(H,21,23)/t10-/m1/s1. The number of nitrogens with one attached hydrogen (secondary N) is 1. The Hall–Kier alpha value is -1.88. The van der Waals surface area contributed by atoms with E-state index in [1.165, 1.54) is 18.2 Å². The first-order valence-corrected chi connectivity index (χ1v) is 8.37. The Morgan fingerprint density at radius 2 is 2.17 bits per heavy atom. The second-order valence-electron chi connectivity index (χ2n) is 7.32. The highest BCUT2D eigenvalue weighted by atomic mass is 35.5. The van der Waals surface area contributed by atoms with E-state index in [0.29, 0.717) is 17.3 Å². The fraction of sp³-hybridized carbons (Fsp3) is 0.444. The first-order chi connectivity index (χ1) is 11.3. The van der Waals surface area contributed by atoms with Gasteiger partial charge in [-0.25, -0.2) is 4.39 Å². The molecule has 1 aromatic heterocycles. The Morgan fingerprint density at radius 3 is 2.83 bits per heavy atom. The molecule has 2 aromatic rings. The fourth-order valence-corrected chi connectivity index (χ4v) is 3.27. The Balaban J connectivity index is 1.82. The molecule has 0 saturated heterocycles. The zero-order chi connectivity index (χ0) is 17.5. The summed E-state index contributed by atoms with van der Waals surface area (Å²) in [7, 11) is 0. The number of fused-ring (bicyclic) bond motifs is 1. The topological polar surface area (TPSA) is 55.1 Å². The predicted molar refractivity (Wildman–Crippen MR) is 90.8 cm³/mol. The lowest BCUT2D eigenvalue weighted by Crippen LogP contribution is -2.27. The van der Waals surface area contributed by atoms with Gasteiger partial charge < -0.3 is 9.84 Å². The van der Waals surface area contributed by atoms with Gasteiger partial charge in [0, 0.05) is 17.7 Å². The summed E-state index contributed by atoms with van der Waals surface area (Å²) < 4.78 is 18.6. The number of benzene rings is 1. The van der Waals surface area contributed by atoms with E-state index >= 15 is 0 Å². The average molecular weight is 351 g/mol. The largest absolute Gasteiger partial charge is 0.360 e. The molecule has 1 heterocycles. The first kappa shape index (κ1) is 17.0. The number of nitrogens with zero attached hydrogens (tertiary/aromatic N) is 1. The minimum absolute atomic E-state index is 0.0391. The zero-order valence-corrected chi connectivity index (χ0v) is 14.7. The average Bonchev–Trinajstić information content (AvgIpc) is 2.93. The molecular formula is C18H20ClFN2O2. The maximum absolute atomic E-state index is 13.2. The summed E-state index contributed by atoms with van der Waals surface area (Å²) >= 11 is 5.75. The molecule has 0 radical (unpaired) electrons. The van der Waals surface area contributed by atoms with Crippen LogP contribution in [0.3, 0.4) is 0 Å². The van der Waals surface area contributed by atoms with Gasteiger partial charge >= 0.3 is 0 Å². The Labute approximate surface area is 145 Å². The number of hydrogen-bond acceptors (Lipinski definition) is 3. The van der Waals surface area contributed by atoms with E-state index in [4.69, 9.17) is 16.1 Å². The van der Waals surface area contributed by atoms with Crippen molar-refractivity contribution in [2.45, 2.75) is 40.0 Å². The molecule has 3 rings (SSSR count). The number of carbonyl (C=O) groups excluding carboxylic acids is 1. The molecule has 0 fully saturated rings. The van der Waals surface area contributed by atoms with Crippen LogP contribution in [0.2, 0.25) is 5.02 Å². The van der Waals surface area contributed by atoms with E-state index in [1.54, 1.807) is 0 Å². The van der Waals surface area contributed by atoms with Crippen LogP contribution in [0.4, 0.5) is 10.1 Å². The van der Waals surface area contributed by atoms with Gasteiger partial charge in [-0.1, -0.05) is 37.5 Å². The van der Waals surface area contributed by atoms with Crippen molar-refractivity contribution in [2.75, 3.05) is 5.32 Å². The molecular weight excluding hydrogens is 331 g/mol. The first-order valence-electron chi connectivity index (χ1n) is 7.99. The maximum atomic E-state index is 13.2. The van der Waals surface area contributed by atoms with E-state index in [1.807, 2.05) is 0 Å². The molecule has 0 unspecified atom stereocenters. The minimum Gasteiger partial charge on any atom is -0.360 e. The number of halogens is 2. The molecule has 0 bridgehead atoms. The van der Waals surface area contributed by atoms with E-state index in [-0.39, 0.29) is 16.3 Å². The van der Waals surface area contributed by atoms with E-state index in [9.17, 15) is 9.18 Å². The van der Waals surface area contributed by atoms with E-state index in [2.05, 4.69) is 31.2 Å². The molecule has 1 atom stereocenters. The van der Waals surface area contributed by atoms with Crippen LogP contribution in [-0.4, -0.2) is 11.1 Å².